The molecule has 1 aromatic carbocycles. The van der Waals surface area contributed by atoms with Crippen LogP contribution in [0.2, 0.25) is 0 Å². The maximum Gasteiger partial charge on any atom is 0.267 e. The normalized spacial score (nSPS) is 14.5. The van der Waals surface area contributed by atoms with Crippen molar-refractivity contribution in [3.8, 4) is 17.3 Å². The second-order valence-corrected chi connectivity index (χ2v) is 8.85. The van der Waals surface area contributed by atoms with Gasteiger partial charge in [-0.25, -0.2) is 9.97 Å². The molecule has 1 saturated heterocycles. The van der Waals surface area contributed by atoms with Gasteiger partial charge in [-0.3, -0.25) is 4.57 Å². The first-order valence-corrected chi connectivity index (χ1v) is 12.4. The Balaban J connectivity index is 1.43. The van der Waals surface area contributed by atoms with Gasteiger partial charge in [0, 0.05) is 18.7 Å². The molecule has 4 aromatic rings. The number of nitrogens with one attached hydrogen (secondary N) is 1. The molecular formula is C25H32N8O2. The zero-order valence-corrected chi connectivity index (χ0v) is 20.4. The molecule has 0 bridgehead atoms. The third-order valence-corrected chi connectivity index (χ3v) is 6.26. The highest BCUT2D eigenvalue weighted by molar-refractivity contribution is 5.74. The smallest absolute Gasteiger partial charge is 0.267 e. The van der Waals surface area contributed by atoms with Crippen LogP contribution in [0.25, 0.3) is 22.9 Å². The predicted molar refractivity (Wildman–Crippen MR) is 134 cm³/mol. The first kappa shape index (κ1) is 23.2. The Morgan fingerprint density at radius 3 is 2.63 bits per heavy atom. The molecule has 0 unspecified atom stereocenters. The summed E-state index contributed by atoms with van der Waals surface area (Å²) in [4.78, 5) is 16.7. The summed E-state index contributed by atoms with van der Waals surface area (Å²) in [5.74, 6) is 2.51. The van der Waals surface area contributed by atoms with Crippen LogP contribution < -0.4 is 10.1 Å². The van der Waals surface area contributed by atoms with E-state index >= 15 is 0 Å². The molecule has 184 valence electrons. The molecule has 10 heteroatoms. The highest BCUT2D eigenvalue weighted by Crippen LogP contribution is 2.25. The van der Waals surface area contributed by atoms with Crippen LogP contribution in [0, 0.1) is 0 Å². The van der Waals surface area contributed by atoms with Crippen LogP contribution in [0.4, 0.5) is 11.6 Å². The van der Waals surface area contributed by atoms with Gasteiger partial charge in [-0.1, -0.05) is 13.3 Å². The summed E-state index contributed by atoms with van der Waals surface area (Å²) in [6, 6.07) is 7.78. The Morgan fingerprint density at radius 1 is 1.03 bits per heavy atom. The van der Waals surface area contributed by atoms with Crippen molar-refractivity contribution in [2.75, 3.05) is 32.1 Å². The van der Waals surface area contributed by atoms with Gasteiger partial charge in [-0.2, -0.15) is 4.98 Å². The fourth-order valence-electron chi connectivity index (χ4n) is 4.42. The molecule has 0 saturated carbocycles. The minimum atomic E-state index is 0.383. The highest BCUT2D eigenvalue weighted by atomic mass is 16.5. The zero-order valence-electron chi connectivity index (χ0n) is 20.4. The molecule has 0 spiro atoms. The average Bonchev–Trinajstić information content (AvgIpc) is 3.50. The standard InChI is InChI=1S/C25H32N8O2/c1-3-8-21-30-31-24(35-21)20-17-26-22-23(28-20)33(16-7-15-32-13-5-4-6-14-32)25(29-22)27-18-9-11-19(34-2)12-10-18/h9-12,17H,3-8,13-16H2,1-2H3,(H,26,27,29). The van der Waals surface area contributed by atoms with E-state index in [-0.39, 0.29) is 0 Å². The number of anilines is 2. The molecule has 4 heterocycles. The second kappa shape index (κ2) is 10.8. The van der Waals surface area contributed by atoms with Crippen LogP contribution in [0.1, 0.15) is 44.9 Å². The molecule has 5 rings (SSSR count). The molecule has 3 aromatic heterocycles. The minimum Gasteiger partial charge on any atom is -0.497 e. The van der Waals surface area contributed by atoms with Gasteiger partial charge in [-0.05, 0) is 69.6 Å². The quantitative estimate of drug-likeness (QED) is 0.355. The molecule has 1 aliphatic rings. The lowest BCUT2D eigenvalue weighted by Crippen LogP contribution is -2.31. The predicted octanol–water partition coefficient (Wildman–Crippen LogP) is 4.46. The fourth-order valence-corrected chi connectivity index (χ4v) is 4.42. The van der Waals surface area contributed by atoms with Crippen molar-refractivity contribution in [2.45, 2.75) is 52.0 Å². The van der Waals surface area contributed by atoms with Gasteiger partial charge < -0.3 is 19.4 Å². The molecule has 0 atom stereocenters. The summed E-state index contributed by atoms with van der Waals surface area (Å²) >= 11 is 0. The number of rotatable bonds is 10. The third-order valence-electron chi connectivity index (χ3n) is 6.26. The second-order valence-electron chi connectivity index (χ2n) is 8.85. The number of aromatic nitrogens is 6. The number of hydrogen-bond donors (Lipinski definition) is 1. The summed E-state index contributed by atoms with van der Waals surface area (Å²) in [7, 11) is 1.66. The number of methoxy groups -OCH3 is 1. The van der Waals surface area contributed by atoms with Crippen LogP contribution in [0.5, 0.6) is 5.75 Å². The molecule has 1 fully saturated rings. The van der Waals surface area contributed by atoms with Gasteiger partial charge in [0.2, 0.25) is 11.8 Å². The summed E-state index contributed by atoms with van der Waals surface area (Å²) in [5, 5.41) is 11.7. The van der Waals surface area contributed by atoms with Gasteiger partial charge in [-0.15, -0.1) is 10.2 Å². The monoisotopic (exact) mass is 476 g/mol. The maximum absolute atomic E-state index is 5.80. The molecule has 35 heavy (non-hydrogen) atoms. The number of ether oxygens (including phenoxy) is 1. The van der Waals surface area contributed by atoms with Gasteiger partial charge >= 0.3 is 0 Å². The molecule has 1 N–H and O–H groups in total. The van der Waals surface area contributed by atoms with Crippen LogP contribution >= 0.6 is 0 Å². The maximum atomic E-state index is 5.80. The summed E-state index contributed by atoms with van der Waals surface area (Å²) < 4.78 is 13.2. The van der Waals surface area contributed by atoms with E-state index in [2.05, 4.69) is 36.9 Å². The summed E-state index contributed by atoms with van der Waals surface area (Å²) in [6.07, 6.45) is 8.24. The number of aryl methyl sites for hydroxylation is 2. The van der Waals surface area contributed by atoms with Crippen LogP contribution in [0.3, 0.4) is 0 Å². The van der Waals surface area contributed by atoms with Crippen LogP contribution in [-0.2, 0) is 13.0 Å². The zero-order chi connectivity index (χ0) is 24.0. The van der Waals surface area contributed by atoms with Crippen LogP contribution in [-0.4, -0.2) is 61.4 Å². The number of imidazole rings is 1. The van der Waals surface area contributed by atoms with E-state index in [1.165, 1.54) is 32.4 Å². The molecule has 0 aliphatic carbocycles. The number of likely N-dealkylation sites (tertiary alicyclic amines) is 1. The molecule has 10 nitrogen and oxygen atoms in total. The number of hydrogen-bond acceptors (Lipinski definition) is 9. The Bertz CT molecular complexity index is 1240. The average molecular weight is 477 g/mol. The first-order valence-electron chi connectivity index (χ1n) is 12.4. The SMILES string of the molecule is CCCc1nnc(-c2cnc3nc(Nc4ccc(OC)cc4)n(CCCN4CCCCC4)c3n2)o1. The summed E-state index contributed by atoms with van der Waals surface area (Å²) in [5.41, 5.74) is 2.75. The van der Waals surface area contributed by atoms with Crippen molar-refractivity contribution in [3.05, 3.63) is 36.4 Å². The van der Waals surface area contributed by atoms with E-state index in [0.717, 1.165) is 43.8 Å². The lowest BCUT2D eigenvalue weighted by Gasteiger charge is -2.26. The largest absolute Gasteiger partial charge is 0.497 e. The van der Waals surface area contributed by atoms with E-state index in [0.29, 0.717) is 34.7 Å². The van der Waals surface area contributed by atoms with Crippen molar-refractivity contribution in [1.82, 2.24) is 34.6 Å². The Morgan fingerprint density at radius 2 is 1.86 bits per heavy atom. The van der Waals surface area contributed by atoms with Crippen molar-refractivity contribution >= 4 is 22.9 Å². The van der Waals surface area contributed by atoms with Crippen molar-refractivity contribution in [1.29, 1.82) is 0 Å². The van der Waals surface area contributed by atoms with Crippen LogP contribution in [0.15, 0.2) is 34.9 Å². The summed E-state index contributed by atoms with van der Waals surface area (Å²) in [6.45, 7) is 6.27. The minimum absolute atomic E-state index is 0.383. The Labute approximate surface area is 204 Å². The third kappa shape index (κ3) is 5.43. The lowest BCUT2D eigenvalue weighted by molar-refractivity contribution is 0.223. The van der Waals surface area contributed by atoms with E-state index in [4.69, 9.17) is 19.1 Å². The number of benzene rings is 1. The van der Waals surface area contributed by atoms with Crippen molar-refractivity contribution in [2.24, 2.45) is 0 Å². The number of piperidine rings is 1. The van der Waals surface area contributed by atoms with E-state index < -0.39 is 0 Å². The van der Waals surface area contributed by atoms with E-state index in [9.17, 15) is 0 Å². The number of fused-ring (bicyclic) bond motifs is 1. The molecule has 0 amide bonds. The molecule has 1 aliphatic heterocycles. The van der Waals surface area contributed by atoms with Gasteiger partial charge in [0.1, 0.15) is 11.4 Å². The lowest BCUT2D eigenvalue weighted by atomic mass is 10.1. The van der Waals surface area contributed by atoms with Gasteiger partial charge in [0.25, 0.3) is 5.89 Å². The Hall–Kier alpha value is -3.53. The fraction of sp³-hybridized carbons (Fsp3) is 0.480. The Kier molecular flexibility index (Phi) is 7.17. The van der Waals surface area contributed by atoms with Crippen molar-refractivity contribution in [3.63, 3.8) is 0 Å². The van der Waals surface area contributed by atoms with Gasteiger partial charge in [0.15, 0.2) is 11.3 Å². The molecule has 0 radical (unpaired) electrons. The van der Waals surface area contributed by atoms with E-state index in [1.54, 1.807) is 13.3 Å². The molecular weight excluding hydrogens is 444 g/mol. The highest BCUT2D eigenvalue weighted by Gasteiger charge is 2.18. The van der Waals surface area contributed by atoms with Gasteiger partial charge in [0.05, 0.1) is 13.3 Å². The first-order chi connectivity index (χ1) is 17.2. The topological polar surface area (TPSA) is 107 Å². The van der Waals surface area contributed by atoms with Crippen molar-refractivity contribution < 1.29 is 9.15 Å². The van der Waals surface area contributed by atoms with E-state index in [1.807, 2.05) is 24.3 Å². The number of nitrogens with zero attached hydrogens (tertiary/aromatic N) is 7.